The van der Waals surface area contributed by atoms with Crippen molar-refractivity contribution < 1.29 is 28.5 Å². The molecular formula is C21H24ClNO6. The van der Waals surface area contributed by atoms with Crippen LogP contribution in [-0.2, 0) is 14.3 Å². The first-order valence-electron chi connectivity index (χ1n) is 9.13. The second-order valence-corrected chi connectivity index (χ2v) is 6.49. The average Bonchev–Trinajstić information content (AvgIpc) is 2.71. The van der Waals surface area contributed by atoms with Crippen molar-refractivity contribution in [1.82, 2.24) is 0 Å². The van der Waals surface area contributed by atoms with E-state index in [4.69, 9.17) is 30.5 Å². The van der Waals surface area contributed by atoms with Crippen LogP contribution in [0.15, 0.2) is 42.5 Å². The van der Waals surface area contributed by atoms with Crippen LogP contribution in [0.1, 0.15) is 20.3 Å². The van der Waals surface area contributed by atoms with Crippen LogP contribution in [0.2, 0.25) is 5.02 Å². The summed E-state index contributed by atoms with van der Waals surface area (Å²) in [6.45, 7) is 3.63. The smallest absolute Gasteiger partial charge is 0.344 e. The van der Waals surface area contributed by atoms with E-state index in [2.05, 4.69) is 5.32 Å². The third-order valence-corrected chi connectivity index (χ3v) is 3.99. The topological polar surface area (TPSA) is 83.1 Å². The van der Waals surface area contributed by atoms with Gasteiger partial charge in [-0.3, -0.25) is 4.79 Å². The molecule has 0 heterocycles. The summed E-state index contributed by atoms with van der Waals surface area (Å²) in [5.74, 6) is 0.203. The Bertz CT molecular complexity index is 842. The van der Waals surface area contributed by atoms with Gasteiger partial charge in [0.25, 0.3) is 5.91 Å². The number of rotatable bonds is 10. The summed E-state index contributed by atoms with van der Waals surface area (Å²) in [6.07, 6.45) is -0.193. The number of esters is 1. The van der Waals surface area contributed by atoms with Crippen LogP contribution in [0.25, 0.3) is 0 Å². The second kappa shape index (κ2) is 11.2. The molecule has 29 heavy (non-hydrogen) atoms. The summed E-state index contributed by atoms with van der Waals surface area (Å²) in [5, 5.41) is 3.06. The van der Waals surface area contributed by atoms with E-state index in [1.54, 1.807) is 36.4 Å². The van der Waals surface area contributed by atoms with Crippen molar-refractivity contribution in [3.05, 3.63) is 47.5 Å². The van der Waals surface area contributed by atoms with Crippen molar-refractivity contribution in [2.75, 3.05) is 25.6 Å². The molecule has 0 radical (unpaired) electrons. The number of hydrogen-bond acceptors (Lipinski definition) is 6. The maximum Gasteiger partial charge on any atom is 0.344 e. The van der Waals surface area contributed by atoms with E-state index in [1.807, 2.05) is 13.0 Å². The van der Waals surface area contributed by atoms with Gasteiger partial charge < -0.3 is 24.3 Å². The molecule has 2 aromatic carbocycles. The Morgan fingerprint density at radius 1 is 1.07 bits per heavy atom. The zero-order chi connectivity index (χ0) is 21.2. The van der Waals surface area contributed by atoms with Gasteiger partial charge in [0.15, 0.2) is 24.2 Å². The summed E-state index contributed by atoms with van der Waals surface area (Å²) in [5.41, 5.74) is 0.381. The summed E-state index contributed by atoms with van der Waals surface area (Å²) < 4.78 is 21.4. The van der Waals surface area contributed by atoms with E-state index in [9.17, 15) is 9.59 Å². The molecule has 2 rings (SSSR count). The lowest BCUT2D eigenvalue weighted by Gasteiger charge is -2.16. The highest BCUT2D eigenvalue weighted by Gasteiger charge is 2.20. The molecule has 0 bridgehead atoms. The summed E-state index contributed by atoms with van der Waals surface area (Å²) in [6, 6.07) is 11.8. The number of methoxy groups -OCH3 is 1. The maximum atomic E-state index is 12.3. The molecule has 1 atom stereocenters. The summed E-state index contributed by atoms with van der Waals surface area (Å²) in [4.78, 5) is 24.4. The molecule has 0 aliphatic rings. The quantitative estimate of drug-likeness (QED) is 0.582. The molecule has 0 aliphatic carbocycles. The van der Waals surface area contributed by atoms with Crippen LogP contribution in [0.4, 0.5) is 5.69 Å². The van der Waals surface area contributed by atoms with Gasteiger partial charge >= 0.3 is 5.97 Å². The Hall–Kier alpha value is -2.93. The van der Waals surface area contributed by atoms with E-state index in [0.29, 0.717) is 34.6 Å². The van der Waals surface area contributed by atoms with Crippen molar-refractivity contribution in [3.8, 4) is 17.2 Å². The first-order chi connectivity index (χ1) is 13.9. The van der Waals surface area contributed by atoms with Crippen LogP contribution in [0.5, 0.6) is 17.2 Å². The van der Waals surface area contributed by atoms with Crippen molar-refractivity contribution in [3.63, 3.8) is 0 Å². The average molecular weight is 422 g/mol. The normalized spacial score (nSPS) is 11.3. The number of carbonyl (C=O) groups excluding carboxylic acids is 2. The van der Waals surface area contributed by atoms with E-state index in [-0.39, 0.29) is 6.61 Å². The number of anilines is 1. The molecule has 0 fully saturated rings. The van der Waals surface area contributed by atoms with Crippen molar-refractivity contribution in [2.45, 2.75) is 26.4 Å². The van der Waals surface area contributed by atoms with Crippen LogP contribution in [0.3, 0.4) is 0 Å². The fraction of sp³-hybridized carbons (Fsp3) is 0.333. The van der Waals surface area contributed by atoms with Crippen molar-refractivity contribution in [2.24, 2.45) is 0 Å². The van der Waals surface area contributed by atoms with Crippen LogP contribution in [-0.4, -0.2) is 38.3 Å². The number of hydrogen-bond donors (Lipinski definition) is 1. The third kappa shape index (κ3) is 6.87. The number of amides is 1. The Morgan fingerprint density at radius 2 is 1.76 bits per heavy atom. The van der Waals surface area contributed by atoms with Gasteiger partial charge in [-0.05, 0) is 43.7 Å². The Labute approximate surface area is 174 Å². The first-order valence-corrected chi connectivity index (χ1v) is 9.51. The Morgan fingerprint density at radius 3 is 2.41 bits per heavy atom. The van der Waals surface area contributed by atoms with Crippen LogP contribution < -0.4 is 19.5 Å². The molecule has 156 valence electrons. The molecule has 2 aromatic rings. The molecule has 1 N–H and O–H groups in total. The molecule has 7 nitrogen and oxygen atoms in total. The minimum atomic E-state index is -1.04. The molecule has 0 saturated carbocycles. The number of para-hydroxylation sites is 2. The lowest BCUT2D eigenvalue weighted by molar-refractivity contribution is -0.155. The van der Waals surface area contributed by atoms with Gasteiger partial charge in [0.1, 0.15) is 5.75 Å². The second-order valence-electron chi connectivity index (χ2n) is 6.05. The van der Waals surface area contributed by atoms with Crippen LogP contribution in [0, 0.1) is 0 Å². The zero-order valence-electron chi connectivity index (χ0n) is 16.6. The molecule has 8 heteroatoms. The molecule has 0 unspecified atom stereocenters. The number of ether oxygens (including phenoxy) is 4. The Balaban J connectivity index is 1.89. The molecule has 0 spiro atoms. The fourth-order valence-corrected chi connectivity index (χ4v) is 2.51. The molecule has 0 aromatic heterocycles. The number of nitrogens with one attached hydrogen (secondary N) is 1. The summed E-state index contributed by atoms with van der Waals surface area (Å²) >= 11 is 5.95. The molecule has 1 amide bonds. The predicted octanol–water partition coefficient (Wildman–Crippen LogP) is 4.09. The van der Waals surface area contributed by atoms with Gasteiger partial charge in [-0.15, -0.1) is 0 Å². The number of carbonyl (C=O) groups is 2. The highest BCUT2D eigenvalue weighted by atomic mass is 35.5. The van der Waals surface area contributed by atoms with E-state index in [0.717, 1.165) is 6.42 Å². The van der Waals surface area contributed by atoms with Gasteiger partial charge in [-0.2, -0.15) is 0 Å². The van der Waals surface area contributed by atoms with Crippen molar-refractivity contribution in [1.29, 1.82) is 0 Å². The largest absolute Gasteiger partial charge is 0.495 e. The maximum absolute atomic E-state index is 12.3. The third-order valence-electron chi connectivity index (χ3n) is 3.75. The minimum absolute atomic E-state index is 0.357. The molecular weight excluding hydrogens is 398 g/mol. The SMILES string of the molecule is CCCOc1ccccc1OCC(=O)O[C@H](C)C(=O)Nc1cc(Cl)ccc1OC. The Kier molecular flexibility index (Phi) is 8.61. The monoisotopic (exact) mass is 421 g/mol. The minimum Gasteiger partial charge on any atom is -0.495 e. The standard InChI is InChI=1S/C21H24ClNO6/c1-4-11-27-18-7-5-6-8-19(18)28-13-20(24)29-14(2)21(25)23-16-12-15(22)9-10-17(16)26-3/h5-10,12,14H,4,11,13H2,1-3H3,(H,23,25)/t14-/m1/s1. The highest BCUT2D eigenvalue weighted by Crippen LogP contribution is 2.28. The first kappa shape index (κ1) is 22.4. The number of benzene rings is 2. The van der Waals surface area contributed by atoms with Gasteiger partial charge in [-0.1, -0.05) is 30.7 Å². The van der Waals surface area contributed by atoms with E-state index in [1.165, 1.54) is 14.0 Å². The van der Waals surface area contributed by atoms with Gasteiger partial charge in [-0.25, -0.2) is 4.79 Å². The molecule has 0 aliphatic heterocycles. The zero-order valence-corrected chi connectivity index (χ0v) is 17.3. The van der Waals surface area contributed by atoms with Gasteiger partial charge in [0.05, 0.1) is 19.4 Å². The van der Waals surface area contributed by atoms with E-state index >= 15 is 0 Å². The van der Waals surface area contributed by atoms with Crippen molar-refractivity contribution >= 4 is 29.2 Å². The lowest BCUT2D eigenvalue weighted by atomic mass is 10.2. The predicted molar refractivity (Wildman–Crippen MR) is 110 cm³/mol. The van der Waals surface area contributed by atoms with Gasteiger partial charge in [0.2, 0.25) is 0 Å². The van der Waals surface area contributed by atoms with Crippen LogP contribution >= 0.6 is 11.6 Å². The molecule has 0 saturated heterocycles. The lowest BCUT2D eigenvalue weighted by Crippen LogP contribution is -2.31. The highest BCUT2D eigenvalue weighted by molar-refractivity contribution is 6.31. The fourth-order valence-electron chi connectivity index (χ4n) is 2.33. The van der Waals surface area contributed by atoms with E-state index < -0.39 is 18.0 Å². The summed E-state index contributed by atoms with van der Waals surface area (Å²) in [7, 11) is 1.47. The van der Waals surface area contributed by atoms with Gasteiger partial charge in [0, 0.05) is 5.02 Å². The number of halogens is 1.